The van der Waals surface area contributed by atoms with Gasteiger partial charge in [0.25, 0.3) is 5.91 Å². The van der Waals surface area contributed by atoms with Gasteiger partial charge >= 0.3 is 6.18 Å². The van der Waals surface area contributed by atoms with E-state index in [1.54, 1.807) is 19.1 Å². The average Bonchev–Trinajstić information content (AvgIpc) is 3.00. The van der Waals surface area contributed by atoms with Crippen LogP contribution in [0, 0.1) is 0 Å². The van der Waals surface area contributed by atoms with Gasteiger partial charge in [-0.3, -0.25) is 9.78 Å². The number of alkyl halides is 3. The minimum Gasteiger partial charge on any atom is -0.467 e. The molecule has 5 nitrogen and oxygen atoms in total. The molecule has 0 saturated heterocycles. The lowest BCUT2D eigenvalue weighted by atomic mass is 10.1. The molecule has 0 spiro atoms. The normalized spacial score (nSPS) is 14.3. The van der Waals surface area contributed by atoms with E-state index in [1.807, 2.05) is 0 Å². The zero-order valence-electron chi connectivity index (χ0n) is 12.2. The third-order valence-electron chi connectivity index (χ3n) is 3.15. The van der Waals surface area contributed by atoms with E-state index in [0.717, 1.165) is 12.3 Å². The molecule has 0 aliphatic carbocycles. The Hall–Kier alpha value is -2.35. The van der Waals surface area contributed by atoms with Gasteiger partial charge in [-0.05, 0) is 31.2 Å². The molecule has 8 heteroatoms. The highest BCUT2D eigenvalue weighted by Crippen LogP contribution is 2.30. The van der Waals surface area contributed by atoms with Gasteiger partial charge in [0.2, 0.25) is 0 Å². The maximum absolute atomic E-state index is 12.8. The van der Waals surface area contributed by atoms with Crippen molar-refractivity contribution in [2.75, 3.05) is 0 Å². The first kappa shape index (κ1) is 17.0. The number of carbonyl (C=O) groups excluding carboxylic acids is 1. The summed E-state index contributed by atoms with van der Waals surface area (Å²) in [5.74, 6) is -0.576. The van der Waals surface area contributed by atoms with Crippen LogP contribution < -0.4 is 5.32 Å². The molecular formula is C15H15F3N2O3. The van der Waals surface area contributed by atoms with Crippen molar-refractivity contribution in [3.8, 4) is 0 Å². The fraction of sp³-hybridized carbons (Fsp3) is 0.333. The number of hydrogen-bond donors (Lipinski definition) is 2. The Balaban J connectivity index is 2.05. The molecule has 1 amide bonds. The number of aliphatic hydroxyl groups excluding tert-OH is 1. The van der Waals surface area contributed by atoms with Crippen LogP contribution >= 0.6 is 0 Å². The predicted octanol–water partition coefficient (Wildman–Crippen LogP) is 2.94. The van der Waals surface area contributed by atoms with Crippen molar-refractivity contribution in [1.29, 1.82) is 0 Å². The number of carbonyl (C=O) groups is 1. The number of nitrogens with one attached hydrogen (secondary N) is 1. The number of amides is 1. The quantitative estimate of drug-likeness (QED) is 0.885. The Kier molecular flexibility index (Phi) is 5.05. The molecule has 0 radical (unpaired) electrons. The first-order chi connectivity index (χ1) is 10.8. The first-order valence-corrected chi connectivity index (χ1v) is 6.83. The number of halogens is 3. The van der Waals surface area contributed by atoms with Crippen LogP contribution in [0.3, 0.4) is 0 Å². The second-order valence-corrected chi connectivity index (χ2v) is 5.04. The zero-order valence-corrected chi connectivity index (χ0v) is 12.2. The summed E-state index contributed by atoms with van der Waals surface area (Å²) >= 11 is 0. The maximum atomic E-state index is 12.8. The lowest BCUT2D eigenvalue weighted by molar-refractivity contribution is -0.141. The van der Waals surface area contributed by atoms with Crippen LogP contribution in [0.4, 0.5) is 13.2 Å². The van der Waals surface area contributed by atoms with Gasteiger partial charge in [-0.15, -0.1) is 0 Å². The molecule has 2 heterocycles. The zero-order chi connectivity index (χ0) is 17.0. The molecule has 2 rings (SSSR count). The highest BCUT2D eigenvalue weighted by molar-refractivity contribution is 5.95. The summed E-state index contributed by atoms with van der Waals surface area (Å²) in [6, 6.07) is 4.92. The molecular weight excluding hydrogens is 313 g/mol. The summed E-state index contributed by atoms with van der Waals surface area (Å²) in [7, 11) is 0. The number of aliphatic hydroxyl groups is 1. The van der Waals surface area contributed by atoms with Crippen LogP contribution in [0.1, 0.15) is 41.3 Å². The summed E-state index contributed by atoms with van der Waals surface area (Å²) in [5.41, 5.74) is -1.80. The summed E-state index contributed by atoms with van der Waals surface area (Å²) in [4.78, 5) is 15.3. The molecule has 0 aliphatic rings. The molecule has 2 unspecified atom stereocenters. The molecule has 2 aromatic heterocycles. The molecule has 0 bridgehead atoms. The van der Waals surface area contributed by atoms with Crippen LogP contribution in [0.15, 0.2) is 41.1 Å². The van der Waals surface area contributed by atoms with Gasteiger partial charge in [-0.1, -0.05) is 0 Å². The second kappa shape index (κ2) is 6.82. The van der Waals surface area contributed by atoms with Crippen molar-refractivity contribution in [2.24, 2.45) is 0 Å². The summed E-state index contributed by atoms with van der Waals surface area (Å²) in [6.07, 6.45) is -3.21. The van der Waals surface area contributed by atoms with Crippen LogP contribution in [0.2, 0.25) is 0 Å². The van der Waals surface area contributed by atoms with E-state index < -0.39 is 35.5 Å². The number of nitrogens with zero attached hydrogens (tertiary/aromatic N) is 1. The molecule has 124 valence electrons. The molecule has 2 aromatic rings. The monoisotopic (exact) mass is 328 g/mol. The van der Waals surface area contributed by atoms with Crippen molar-refractivity contribution in [2.45, 2.75) is 31.7 Å². The van der Waals surface area contributed by atoms with Gasteiger partial charge in [0.05, 0.1) is 11.8 Å². The van der Waals surface area contributed by atoms with Crippen molar-refractivity contribution in [3.05, 3.63) is 53.7 Å². The number of pyridine rings is 1. The average molecular weight is 328 g/mol. The van der Waals surface area contributed by atoms with Crippen molar-refractivity contribution in [1.82, 2.24) is 10.3 Å². The lowest BCUT2D eigenvalue weighted by Gasteiger charge is -2.18. The molecule has 0 aromatic carbocycles. The Morgan fingerprint density at radius 1 is 1.39 bits per heavy atom. The Morgan fingerprint density at radius 3 is 2.74 bits per heavy atom. The fourth-order valence-corrected chi connectivity index (χ4v) is 2.11. The van der Waals surface area contributed by atoms with Crippen molar-refractivity contribution < 1.29 is 27.5 Å². The Morgan fingerprint density at radius 2 is 2.13 bits per heavy atom. The molecule has 2 N–H and O–H groups in total. The standard InChI is InChI=1S/C15H15F3N2O3/c1-9(8-11(21)12-5-3-7-23-12)20-14(22)10-4-2-6-19-13(10)15(16,17)18/h2-7,9,11,21H,8H2,1H3,(H,20,22). The van der Waals surface area contributed by atoms with E-state index in [2.05, 4.69) is 10.3 Å². The van der Waals surface area contributed by atoms with Crippen LogP contribution in [-0.2, 0) is 6.18 Å². The summed E-state index contributed by atoms with van der Waals surface area (Å²) in [6.45, 7) is 1.58. The topological polar surface area (TPSA) is 75.4 Å². The highest BCUT2D eigenvalue weighted by Gasteiger charge is 2.37. The van der Waals surface area contributed by atoms with E-state index in [-0.39, 0.29) is 6.42 Å². The minimum atomic E-state index is -4.72. The predicted molar refractivity (Wildman–Crippen MR) is 74.5 cm³/mol. The van der Waals surface area contributed by atoms with Gasteiger partial charge in [0, 0.05) is 18.7 Å². The first-order valence-electron chi connectivity index (χ1n) is 6.83. The van der Waals surface area contributed by atoms with Crippen LogP contribution in [0.5, 0.6) is 0 Å². The Bertz CT molecular complexity index is 656. The van der Waals surface area contributed by atoms with Crippen molar-refractivity contribution >= 4 is 5.91 Å². The number of furan rings is 1. The van der Waals surface area contributed by atoms with Gasteiger partial charge in [-0.25, -0.2) is 0 Å². The van der Waals surface area contributed by atoms with Gasteiger partial charge in [0.1, 0.15) is 11.9 Å². The fourth-order valence-electron chi connectivity index (χ4n) is 2.11. The summed E-state index contributed by atoms with van der Waals surface area (Å²) < 4.78 is 43.6. The molecule has 0 aliphatic heterocycles. The number of rotatable bonds is 5. The minimum absolute atomic E-state index is 0.0981. The van der Waals surface area contributed by atoms with Crippen LogP contribution in [-0.4, -0.2) is 22.0 Å². The number of hydrogen-bond acceptors (Lipinski definition) is 4. The third kappa shape index (κ3) is 4.32. The highest BCUT2D eigenvalue weighted by atomic mass is 19.4. The van der Waals surface area contributed by atoms with Gasteiger partial charge in [-0.2, -0.15) is 13.2 Å². The van der Waals surface area contributed by atoms with Gasteiger partial charge in [0.15, 0.2) is 5.69 Å². The van der Waals surface area contributed by atoms with E-state index in [4.69, 9.17) is 4.42 Å². The third-order valence-corrected chi connectivity index (χ3v) is 3.15. The molecule has 2 atom stereocenters. The van der Waals surface area contributed by atoms with E-state index in [1.165, 1.54) is 12.3 Å². The van der Waals surface area contributed by atoms with E-state index >= 15 is 0 Å². The smallest absolute Gasteiger partial charge is 0.434 e. The van der Waals surface area contributed by atoms with Crippen LogP contribution in [0.25, 0.3) is 0 Å². The van der Waals surface area contributed by atoms with E-state index in [0.29, 0.717) is 5.76 Å². The molecule has 0 saturated carbocycles. The lowest BCUT2D eigenvalue weighted by Crippen LogP contribution is -2.35. The summed E-state index contributed by atoms with van der Waals surface area (Å²) in [5, 5.41) is 12.3. The second-order valence-electron chi connectivity index (χ2n) is 5.04. The maximum Gasteiger partial charge on any atom is 0.434 e. The van der Waals surface area contributed by atoms with E-state index in [9.17, 15) is 23.1 Å². The van der Waals surface area contributed by atoms with Crippen molar-refractivity contribution in [3.63, 3.8) is 0 Å². The SMILES string of the molecule is CC(CC(O)c1ccco1)NC(=O)c1cccnc1C(F)(F)F. The Labute approximate surface area is 130 Å². The largest absolute Gasteiger partial charge is 0.467 e. The van der Waals surface area contributed by atoms with Gasteiger partial charge < -0.3 is 14.8 Å². The number of aromatic nitrogens is 1. The molecule has 23 heavy (non-hydrogen) atoms. The molecule has 0 fully saturated rings.